The van der Waals surface area contributed by atoms with Gasteiger partial charge < -0.3 is 20.9 Å². The van der Waals surface area contributed by atoms with Gasteiger partial charge in [-0.2, -0.15) is 13.2 Å². The molecule has 0 aliphatic heterocycles. The highest BCUT2D eigenvalue weighted by Gasteiger charge is 2.45. The van der Waals surface area contributed by atoms with E-state index in [1.165, 1.54) is 0 Å². The van der Waals surface area contributed by atoms with Gasteiger partial charge in [0.15, 0.2) is 5.69 Å². The van der Waals surface area contributed by atoms with Crippen LogP contribution in [0.2, 0.25) is 0 Å². The van der Waals surface area contributed by atoms with E-state index in [4.69, 9.17) is 5.73 Å². The molecule has 1 unspecified atom stereocenters. The van der Waals surface area contributed by atoms with Crippen molar-refractivity contribution in [3.63, 3.8) is 0 Å². The lowest BCUT2D eigenvalue weighted by molar-refractivity contribution is -0.155. The number of nitrogens with two attached hydrogens (primary N) is 1. The van der Waals surface area contributed by atoms with Gasteiger partial charge in [-0.05, 0) is 13.0 Å². The van der Waals surface area contributed by atoms with E-state index in [1.54, 1.807) is 0 Å². The van der Waals surface area contributed by atoms with Gasteiger partial charge in [-0.15, -0.1) is 0 Å². The molecule has 136 valence electrons. The van der Waals surface area contributed by atoms with Crippen LogP contribution in [0.15, 0.2) is 6.07 Å². The molecule has 1 aromatic rings. The number of carbonyl (C=O) groups excluding carboxylic acids is 1. The first kappa shape index (κ1) is 19.9. The topological polar surface area (TPSA) is 97.5 Å². The van der Waals surface area contributed by atoms with E-state index < -0.39 is 53.0 Å². The van der Waals surface area contributed by atoms with Crippen molar-refractivity contribution in [2.75, 3.05) is 19.4 Å². The molecule has 0 radical (unpaired) electrons. The number of amides is 1. The zero-order valence-corrected chi connectivity index (χ0v) is 13.0. The van der Waals surface area contributed by atoms with Crippen LogP contribution in [0.3, 0.4) is 0 Å². The number of hydrogen-bond donors (Lipinski definition) is 3. The number of hydrogen-bond acceptors (Lipinski definition) is 5. The van der Waals surface area contributed by atoms with Crippen LogP contribution in [0, 0.1) is 0 Å². The standard InChI is InChI=1S/C13H16F5N3O3/c1-11(23,12(2,14)15)5-20-9(22)8-7(19)4-6(13(16,17)18)10(21-8)24-3/h4,23H,5,19H2,1-3H3,(H,20,22). The Labute approximate surface area is 133 Å². The minimum Gasteiger partial charge on any atom is -0.481 e. The number of aromatic nitrogens is 1. The highest BCUT2D eigenvalue weighted by molar-refractivity contribution is 5.97. The van der Waals surface area contributed by atoms with Crippen LogP contribution in [0.4, 0.5) is 27.6 Å². The minimum atomic E-state index is -4.81. The molecule has 1 heterocycles. The second kappa shape index (κ2) is 6.38. The fraction of sp³-hybridized carbons (Fsp3) is 0.538. The van der Waals surface area contributed by atoms with Crippen molar-refractivity contribution in [2.24, 2.45) is 0 Å². The Morgan fingerprint density at radius 3 is 2.29 bits per heavy atom. The van der Waals surface area contributed by atoms with Crippen LogP contribution in [0.25, 0.3) is 0 Å². The molecule has 0 aliphatic carbocycles. The van der Waals surface area contributed by atoms with E-state index in [0.29, 0.717) is 13.0 Å². The zero-order valence-electron chi connectivity index (χ0n) is 13.0. The van der Waals surface area contributed by atoms with E-state index in [9.17, 15) is 31.9 Å². The maximum Gasteiger partial charge on any atom is 0.421 e. The molecular formula is C13H16F5N3O3. The number of methoxy groups -OCH3 is 1. The van der Waals surface area contributed by atoms with E-state index in [2.05, 4.69) is 9.72 Å². The quantitative estimate of drug-likeness (QED) is 0.699. The third-order valence-corrected chi connectivity index (χ3v) is 3.27. The Balaban J connectivity index is 3.09. The number of pyridine rings is 1. The molecule has 1 aromatic heterocycles. The fourth-order valence-electron chi connectivity index (χ4n) is 1.54. The van der Waals surface area contributed by atoms with Gasteiger partial charge in [-0.25, -0.2) is 13.8 Å². The molecular weight excluding hydrogens is 341 g/mol. The average molecular weight is 357 g/mol. The smallest absolute Gasteiger partial charge is 0.421 e. The minimum absolute atomic E-state index is 0.451. The Kier molecular flexibility index (Phi) is 5.28. The van der Waals surface area contributed by atoms with E-state index in [-0.39, 0.29) is 0 Å². The number of anilines is 1. The monoisotopic (exact) mass is 357 g/mol. The van der Waals surface area contributed by atoms with Crippen LogP contribution >= 0.6 is 0 Å². The summed E-state index contributed by atoms with van der Waals surface area (Å²) in [6.45, 7) is 0.365. The lowest BCUT2D eigenvalue weighted by atomic mass is 9.99. The summed E-state index contributed by atoms with van der Waals surface area (Å²) in [5.74, 6) is -5.56. The molecule has 4 N–H and O–H groups in total. The van der Waals surface area contributed by atoms with Gasteiger partial charge in [0.25, 0.3) is 11.8 Å². The highest BCUT2D eigenvalue weighted by atomic mass is 19.4. The first-order valence-corrected chi connectivity index (χ1v) is 6.51. The summed E-state index contributed by atoms with van der Waals surface area (Å²) in [4.78, 5) is 15.3. The number of ether oxygens (including phenoxy) is 1. The van der Waals surface area contributed by atoms with Crippen molar-refractivity contribution >= 4 is 11.6 Å². The molecule has 24 heavy (non-hydrogen) atoms. The number of aliphatic hydroxyl groups is 1. The summed E-state index contributed by atoms with van der Waals surface area (Å²) in [7, 11) is 0.915. The molecule has 0 spiro atoms. The lowest BCUT2D eigenvalue weighted by Crippen LogP contribution is -2.52. The molecule has 6 nitrogen and oxygen atoms in total. The van der Waals surface area contributed by atoms with E-state index in [0.717, 1.165) is 14.0 Å². The van der Waals surface area contributed by atoms with Crippen molar-refractivity contribution in [2.45, 2.75) is 31.5 Å². The number of carbonyl (C=O) groups is 1. The first-order valence-electron chi connectivity index (χ1n) is 6.51. The van der Waals surface area contributed by atoms with E-state index >= 15 is 0 Å². The van der Waals surface area contributed by atoms with Crippen LogP contribution < -0.4 is 15.8 Å². The fourth-order valence-corrected chi connectivity index (χ4v) is 1.54. The molecule has 0 aliphatic rings. The Morgan fingerprint density at radius 2 is 1.88 bits per heavy atom. The maximum atomic E-state index is 13.1. The van der Waals surface area contributed by atoms with Crippen molar-refractivity contribution in [1.29, 1.82) is 0 Å². The first-order chi connectivity index (χ1) is 10.7. The Bertz CT molecular complexity index is 627. The molecule has 0 saturated heterocycles. The van der Waals surface area contributed by atoms with Gasteiger partial charge in [0, 0.05) is 6.92 Å². The second-order valence-corrected chi connectivity index (χ2v) is 5.33. The molecule has 0 aromatic carbocycles. The number of halogens is 5. The summed E-state index contributed by atoms with van der Waals surface area (Å²) in [5.41, 5.74) is 0.251. The molecule has 1 rings (SSSR count). The van der Waals surface area contributed by atoms with Crippen LogP contribution in [-0.4, -0.2) is 41.2 Å². The molecule has 0 saturated carbocycles. The Hall–Kier alpha value is -2.17. The van der Waals surface area contributed by atoms with Crippen LogP contribution in [0.5, 0.6) is 5.88 Å². The maximum absolute atomic E-state index is 13.1. The predicted octanol–water partition coefficient (Wildman–Crippen LogP) is 1.83. The third kappa shape index (κ3) is 4.22. The van der Waals surface area contributed by atoms with Gasteiger partial charge in [0.1, 0.15) is 11.2 Å². The zero-order chi connectivity index (χ0) is 18.9. The number of nitrogens with one attached hydrogen (secondary N) is 1. The van der Waals surface area contributed by atoms with Crippen LogP contribution in [-0.2, 0) is 6.18 Å². The molecule has 1 atom stereocenters. The predicted molar refractivity (Wildman–Crippen MR) is 73.8 cm³/mol. The van der Waals surface area contributed by atoms with Crippen LogP contribution in [0.1, 0.15) is 29.9 Å². The molecule has 0 fully saturated rings. The average Bonchev–Trinajstić information content (AvgIpc) is 2.42. The van der Waals surface area contributed by atoms with Gasteiger partial charge in [0.05, 0.1) is 19.3 Å². The normalized spacial score (nSPS) is 14.9. The number of alkyl halides is 5. The lowest BCUT2D eigenvalue weighted by Gasteiger charge is -2.29. The second-order valence-electron chi connectivity index (χ2n) is 5.33. The SMILES string of the molecule is COc1nc(C(=O)NCC(C)(O)C(C)(F)F)c(N)cc1C(F)(F)F. The van der Waals surface area contributed by atoms with Crippen molar-refractivity contribution in [3.05, 3.63) is 17.3 Å². The summed E-state index contributed by atoms with van der Waals surface area (Å²) >= 11 is 0. The van der Waals surface area contributed by atoms with Gasteiger partial charge in [0.2, 0.25) is 5.88 Å². The highest BCUT2D eigenvalue weighted by Crippen LogP contribution is 2.37. The van der Waals surface area contributed by atoms with Crippen molar-refractivity contribution in [3.8, 4) is 5.88 Å². The third-order valence-electron chi connectivity index (χ3n) is 3.27. The largest absolute Gasteiger partial charge is 0.481 e. The van der Waals surface area contributed by atoms with E-state index in [1.807, 2.05) is 5.32 Å². The molecule has 0 bridgehead atoms. The van der Waals surface area contributed by atoms with Gasteiger partial charge in [-0.3, -0.25) is 4.79 Å². The number of nitrogens with zero attached hydrogens (tertiary/aromatic N) is 1. The number of nitrogen functional groups attached to an aromatic ring is 1. The Morgan fingerprint density at radius 1 is 1.33 bits per heavy atom. The summed E-state index contributed by atoms with van der Waals surface area (Å²) in [5, 5.41) is 11.5. The van der Waals surface area contributed by atoms with Gasteiger partial charge in [-0.1, -0.05) is 0 Å². The molecule has 11 heteroatoms. The summed E-state index contributed by atoms with van der Waals surface area (Å²) in [6, 6.07) is 0.452. The molecule has 1 amide bonds. The van der Waals surface area contributed by atoms with Crippen molar-refractivity contribution < 1.29 is 36.6 Å². The van der Waals surface area contributed by atoms with Gasteiger partial charge >= 0.3 is 6.18 Å². The van der Waals surface area contributed by atoms with Crippen molar-refractivity contribution in [1.82, 2.24) is 10.3 Å². The summed E-state index contributed by atoms with van der Waals surface area (Å²) in [6.07, 6.45) is -4.81. The summed E-state index contributed by atoms with van der Waals surface area (Å²) < 4.78 is 69.2. The number of rotatable bonds is 5.